The summed E-state index contributed by atoms with van der Waals surface area (Å²) in [6.07, 6.45) is 1.67. The van der Waals surface area contributed by atoms with E-state index in [9.17, 15) is 14.4 Å². The van der Waals surface area contributed by atoms with Crippen LogP contribution in [0.25, 0.3) is 0 Å². The molecule has 3 N–H and O–H groups in total. The van der Waals surface area contributed by atoms with Crippen LogP contribution in [0.3, 0.4) is 0 Å². The smallest absolute Gasteiger partial charge is 0.246 e. The molecule has 0 aromatic carbocycles. The number of hydrogen-bond acceptors (Lipinski definition) is 6. The molecule has 3 amide bonds. The molecule has 3 rings (SSSR count). The Morgan fingerprint density at radius 3 is 3.00 bits per heavy atom. The summed E-state index contributed by atoms with van der Waals surface area (Å²) in [6.45, 7) is 1.72. The van der Waals surface area contributed by atoms with Gasteiger partial charge in [-0.15, -0.1) is 11.3 Å². The molecule has 0 radical (unpaired) electrons. The number of nitrogens with one attached hydrogen (secondary N) is 3. The summed E-state index contributed by atoms with van der Waals surface area (Å²) < 4.78 is 4.84. The van der Waals surface area contributed by atoms with Crippen LogP contribution in [-0.2, 0) is 25.7 Å². The van der Waals surface area contributed by atoms with Crippen molar-refractivity contribution in [1.29, 1.82) is 0 Å². The van der Waals surface area contributed by atoms with Gasteiger partial charge in [0.05, 0.1) is 12.6 Å². The third-order valence-electron chi connectivity index (χ3n) is 5.01. The first-order valence-electron chi connectivity index (χ1n) is 9.17. The second-order valence-electron chi connectivity index (χ2n) is 6.94. The van der Waals surface area contributed by atoms with Gasteiger partial charge in [-0.1, -0.05) is 6.07 Å². The minimum absolute atomic E-state index is 0.00288. The van der Waals surface area contributed by atoms with Crippen molar-refractivity contribution >= 4 is 29.1 Å². The monoisotopic (exact) mass is 394 g/mol. The van der Waals surface area contributed by atoms with Gasteiger partial charge in [-0.25, -0.2) is 0 Å². The predicted octanol–water partition coefficient (Wildman–Crippen LogP) is -0.152. The molecule has 0 spiro atoms. The first kappa shape index (κ1) is 19.8. The highest BCUT2D eigenvalue weighted by Gasteiger charge is 2.43. The molecule has 3 atom stereocenters. The Balaban J connectivity index is 1.48. The van der Waals surface area contributed by atoms with Crippen LogP contribution in [0.4, 0.5) is 0 Å². The van der Waals surface area contributed by atoms with E-state index in [-0.39, 0.29) is 42.5 Å². The third kappa shape index (κ3) is 5.27. The van der Waals surface area contributed by atoms with Gasteiger partial charge in [0.15, 0.2) is 0 Å². The van der Waals surface area contributed by atoms with E-state index in [0.29, 0.717) is 38.9 Å². The van der Waals surface area contributed by atoms with Crippen molar-refractivity contribution in [1.82, 2.24) is 20.9 Å². The molecule has 2 fully saturated rings. The lowest BCUT2D eigenvalue weighted by molar-refractivity contribution is -0.129. The Morgan fingerprint density at radius 1 is 1.41 bits per heavy atom. The van der Waals surface area contributed by atoms with Gasteiger partial charge in [-0.2, -0.15) is 0 Å². The summed E-state index contributed by atoms with van der Waals surface area (Å²) in [7, 11) is 1.48. The molecule has 9 heteroatoms. The number of thiophene rings is 1. The average molecular weight is 394 g/mol. The van der Waals surface area contributed by atoms with E-state index in [0.717, 1.165) is 4.88 Å². The summed E-state index contributed by atoms with van der Waals surface area (Å²) in [5, 5.41) is 10.8. The maximum atomic E-state index is 12.2. The molecule has 3 heterocycles. The fraction of sp³-hybridized carbons (Fsp3) is 0.611. The zero-order valence-corrected chi connectivity index (χ0v) is 16.2. The minimum Gasteiger partial charge on any atom is -0.375 e. The fourth-order valence-corrected chi connectivity index (χ4v) is 4.38. The van der Waals surface area contributed by atoms with Crippen molar-refractivity contribution in [2.45, 2.75) is 43.9 Å². The molecule has 2 aliphatic heterocycles. The normalized spacial score (nSPS) is 24.9. The van der Waals surface area contributed by atoms with Gasteiger partial charge < -0.3 is 20.7 Å². The fourth-order valence-electron chi connectivity index (χ4n) is 3.73. The van der Waals surface area contributed by atoms with Crippen LogP contribution < -0.4 is 16.0 Å². The molecule has 0 saturated carbocycles. The lowest BCUT2D eigenvalue weighted by Gasteiger charge is -2.37. The molecule has 1 aromatic rings. The Morgan fingerprint density at radius 2 is 2.26 bits per heavy atom. The Labute approximate surface area is 162 Å². The predicted molar refractivity (Wildman–Crippen MR) is 101 cm³/mol. The van der Waals surface area contributed by atoms with Crippen LogP contribution in [0.15, 0.2) is 17.5 Å². The Kier molecular flexibility index (Phi) is 6.81. The van der Waals surface area contributed by atoms with Crippen LogP contribution in [0.5, 0.6) is 0 Å². The van der Waals surface area contributed by atoms with Crippen molar-refractivity contribution in [3.05, 3.63) is 22.4 Å². The molecule has 0 aliphatic carbocycles. The van der Waals surface area contributed by atoms with E-state index in [1.165, 1.54) is 7.11 Å². The highest BCUT2D eigenvalue weighted by molar-refractivity contribution is 7.09. The number of ether oxygens (including phenoxy) is 1. The number of amides is 3. The van der Waals surface area contributed by atoms with Crippen LogP contribution in [0, 0.1) is 0 Å². The van der Waals surface area contributed by atoms with E-state index in [1.54, 1.807) is 11.3 Å². The van der Waals surface area contributed by atoms with Gasteiger partial charge in [-0.3, -0.25) is 19.3 Å². The number of carbonyl (C=O) groups is 3. The van der Waals surface area contributed by atoms with Crippen molar-refractivity contribution in [3.63, 3.8) is 0 Å². The zero-order chi connectivity index (χ0) is 19.2. The van der Waals surface area contributed by atoms with Gasteiger partial charge in [0.25, 0.3) is 0 Å². The number of hydrogen-bond donors (Lipinski definition) is 3. The number of piperazine rings is 1. The number of methoxy groups -OCH3 is 1. The molecule has 2 saturated heterocycles. The summed E-state index contributed by atoms with van der Waals surface area (Å²) in [4.78, 5) is 39.3. The maximum Gasteiger partial charge on any atom is 0.246 e. The number of nitrogens with zero attached hydrogens (tertiary/aromatic N) is 1. The third-order valence-corrected chi connectivity index (χ3v) is 5.88. The topological polar surface area (TPSA) is 99.8 Å². The first-order valence-corrected chi connectivity index (χ1v) is 10.1. The van der Waals surface area contributed by atoms with Crippen LogP contribution >= 0.6 is 11.3 Å². The second kappa shape index (κ2) is 9.29. The minimum atomic E-state index is -0.245. The summed E-state index contributed by atoms with van der Waals surface area (Å²) in [5.41, 5.74) is 0. The van der Waals surface area contributed by atoms with E-state index in [2.05, 4.69) is 20.9 Å². The van der Waals surface area contributed by atoms with Crippen molar-refractivity contribution < 1.29 is 19.1 Å². The van der Waals surface area contributed by atoms with Crippen LogP contribution in [0.2, 0.25) is 0 Å². The summed E-state index contributed by atoms with van der Waals surface area (Å²) in [5.74, 6) is -0.162. The summed E-state index contributed by atoms with van der Waals surface area (Å²) in [6, 6.07) is 3.74. The molecule has 148 valence electrons. The first-order chi connectivity index (χ1) is 13.1. The molecule has 2 aliphatic rings. The quantitative estimate of drug-likeness (QED) is 0.569. The Bertz CT molecular complexity index is 666. The highest BCUT2D eigenvalue weighted by atomic mass is 32.1. The average Bonchev–Trinajstić information content (AvgIpc) is 3.29. The molecule has 0 bridgehead atoms. The van der Waals surface area contributed by atoms with E-state index in [1.807, 2.05) is 17.5 Å². The summed E-state index contributed by atoms with van der Waals surface area (Å²) >= 11 is 1.62. The Hall–Kier alpha value is -1.97. The largest absolute Gasteiger partial charge is 0.375 e. The molecule has 1 aromatic heterocycles. The molecule has 27 heavy (non-hydrogen) atoms. The van der Waals surface area contributed by atoms with Crippen molar-refractivity contribution in [2.75, 3.05) is 26.8 Å². The number of carbonyl (C=O) groups excluding carboxylic acids is 3. The van der Waals surface area contributed by atoms with Crippen LogP contribution in [-0.4, -0.2) is 67.6 Å². The van der Waals surface area contributed by atoms with Gasteiger partial charge in [0.2, 0.25) is 17.7 Å². The molecular formula is C18H26N4O4S. The lowest BCUT2D eigenvalue weighted by atomic mass is 10.0. The SMILES string of the molecule is COCC(=O)N[C@H]1C[C@H]2C(=O)NC[C@@H](CCC(=O)NCc3cccs3)N2C1. The van der Waals surface area contributed by atoms with Gasteiger partial charge in [-0.05, 0) is 24.3 Å². The molecular weight excluding hydrogens is 368 g/mol. The van der Waals surface area contributed by atoms with E-state index in [4.69, 9.17) is 4.74 Å². The zero-order valence-electron chi connectivity index (χ0n) is 15.4. The molecule has 0 unspecified atom stereocenters. The van der Waals surface area contributed by atoms with E-state index >= 15 is 0 Å². The van der Waals surface area contributed by atoms with Gasteiger partial charge >= 0.3 is 0 Å². The highest BCUT2D eigenvalue weighted by Crippen LogP contribution is 2.25. The van der Waals surface area contributed by atoms with Crippen molar-refractivity contribution in [3.8, 4) is 0 Å². The van der Waals surface area contributed by atoms with E-state index < -0.39 is 0 Å². The number of fused-ring (bicyclic) bond motifs is 1. The molecule has 8 nitrogen and oxygen atoms in total. The maximum absolute atomic E-state index is 12.2. The number of rotatable bonds is 8. The van der Waals surface area contributed by atoms with Crippen LogP contribution in [0.1, 0.15) is 24.1 Å². The lowest BCUT2D eigenvalue weighted by Crippen LogP contribution is -2.58. The van der Waals surface area contributed by atoms with Gasteiger partial charge in [0, 0.05) is 43.6 Å². The van der Waals surface area contributed by atoms with Gasteiger partial charge in [0.1, 0.15) is 6.61 Å². The standard InChI is InChI=1S/C18H26N4O4S/c1-26-11-17(24)21-12-7-15-18(25)20-8-13(22(15)10-12)4-5-16(23)19-9-14-3-2-6-27-14/h2-3,6,12-13,15H,4-5,7-11H2,1H3,(H,19,23)(H,20,25)(H,21,24)/t12-,13+,15-/m0/s1. The second-order valence-corrected chi connectivity index (χ2v) is 7.97. The van der Waals surface area contributed by atoms with Crippen molar-refractivity contribution in [2.24, 2.45) is 0 Å².